The highest BCUT2D eigenvalue weighted by Gasteiger charge is 2.26. The lowest BCUT2D eigenvalue weighted by Crippen LogP contribution is -2.23. The Kier molecular flexibility index (Phi) is 3.76. The van der Waals surface area contributed by atoms with Crippen molar-refractivity contribution in [1.29, 1.82) is 0 Å². The van der Waals surface area contributed by atoms with Crippen molar-refractivity contribution in [2.45, 2.75) is 12.5 Å². The summed E-state index contributed by atoms with van der Waals surface area (Å²) in [5.74, 6) is -0.107. The summed E-state index contributed by atoms with van der Waals surface area (Å²) in [5.41, 5.74) is 7.71. The van der Waals surface area contributed by atoms with Crippen molar-refractivity contribution in [2.24, 2.45) is 0 Å². The first-order valence-corrected chi connectivity index (χ1v) is 8.82. The molecule has 5 rings (SSSR count). The number of aromatic nitrogens is 6. The summed E-state index contributed by atoms with van der Waals surface area (Å²) >= 11 is 0. The van der Waals surface area contributed by atoms with E-state index in [9.17, 15) is 9.90 Å². The number of carbonyl (C=O) groups is 1. The van der Waals surface area contributed by atoms with Crippen LogP contribution in [0.5, 0.6) is 0 Å². The molecule has 29 heavy (non-hydrogen) atoms. The van der Waals surface area contributed by atoms with E-state index in [-0.39, 0.29) is 12.4 Å². The SMILES string of the molecule is Nc1nc2c(cnn2C(Cc2ccccc2)C(=O)O)c2nc(-c3ccco3)nn12. The minimum atomic E-state index is -1.02. The molecule has 0 amide bonds. The Labute approximate surface area is 163 Å². The van der Waals surface area contributed by atoms with E-state index in [0.717, 1.165) is 5.56 Å². The average molecular weight is 389 g/mol. The van der Waals surface area contributed by atoms with Gasteiger partial charge in [0.05, 0.1) is 17.8 Å². The first kappa shape index (κ1) is 16.9. The summed E-state index contributed by atoms with van der Waals surface area (Å²) in [6, 6.07) is 11.9. The van der Waals surface area contributed by atoms with Gasteiger partial charge in [-0.1, -0.05) is 30.3 Å². The summed E-state index contributed by atoms with van der Waals surface area (Å²) in [7, 11) is 0. The first-order valence-electron chi connectivity index (χ1n) is 8.82. The lowest BCUT2D eigenvalue weighted by Gasteiger charge is -2.14. The fourth-order valence-electron chi connectivity index (χ4n) is 3.28. The highest BCUT2D eigenvalue weighted by molar-refractivity contribution is 5.91. The van der Waals surface area contributed by atoms with Gasteiger partial charge in [0.15, 0.2) is 23.1 Å². The van der Waals surface area contributed by atoms with Crippen LogP contribution in [0.15, 0.2) is 59.3 Å². The van der Waals surface area contributed by atoms with Crippen molar-refractivity contribution in [1.82, 2.24) is 29.4 Å². The van der Waals surface area contributed by atoms with Crippen LogP contribution in [0.4, 0.5) is 5.95 Å². The zero-order valence-electron chi connectivity index (χ0n) is 15.0. The number of benzene rings is 1. The number of anilines is 1. The quantitative estimate of drug-likeness (QED) is 0.466. The number of aliphatic carboxylic acids is 1. The molecule has 10 nitrogen and oxygen atoms in total. The molecule has 0 spiro atoms. The zero-order valence-corrected chi connectivity index (χ0v) is 15.0. The molecular formula is C19H15N7O3. The maximum Gasteiger partial charge on any atom is 0.328 e. The van der Waals surface area contributed by atoms with Crippen LogP contribution < -0.4 is 5.73 Å². The van der Waals surface area contributed by atoms with Crippen LogP contribution >= 0.6 is 0 Å². The predicted molar refractivity (Wildman–Crippen MR) is 103 cm³/mol. The van der Waals surface area contributed by atoms with Crippen LogP contribution in [0.3, 0.4) is 0 Å². The van der Waals surface area contributed by atoms with Crippen molar-refractivity contribution < 1.29 is 14.3 Å². The highest BCUT2D eigenvalue weighted by Crippen LogP contribution is 2.26. The fraction of sp³-hybridized carbons (Fsp3) is 0.105. The van der Waals surface area contributed by atoms with E-state index in [2.05, 4.69) is 20.2 Å². The second-order valence-corrected chi connectivity index (χ2v) is 6.49. The van der Waals surface area contributed by atoms with Crippen molar-refractivity contribution in [3.63, 3.8) is 0 Å². The molecule has 1 aromatic carbocycles. The Morgan fingerprint density at radius 3 is 2.69 bits per heavy atom. The summed E-state index contributed by atoms with van der Waals surface area (Å²) in [5, 5.41) is 19.0. The van der Waals surface area contributed by atoms with Gasteiger partial charge in [0, 0.05) is 6.42 Å². The van der Waals surface area contributed by atoms with Crippen LogP contribution in [0.25, 0.3) is 28.3 Å². The molecule has 144 valence electrons. The Morgan fingerprint density at radius 1 is 1.14 bits per heavy atom. The molecule has 4 aromatic heterocycles. The molecule has 0 aliphatic carbocycles. The van der Waals surface area contributed by atoms with E-state index in [1.54, 1.807) is 12.1 Å². The minimum Gasteiger partial charge on any atom is -0.480 e. The lowest BCUT2D eigenvalue weighted by molar-refractivity contribution is -0.141. The lowest BCUT2D eigenvalue weighted by atomic mass is 10.1. The smallest absolute Gasteiger partial charge is 0.328 e. The van der Waals surface area contributed by atoms with E-state index in [0.29, 0.717) is 28.3 Å². The fourth-order valence-corrected chi connectivity index (χ4v) is 3.28. The molecule has 0 aliphatic rings. The molecule has 10 heteroatoms. The summed E-state index contributed by atoms with van der Waals surface area (Å²) < 4.78 is 8.10. The van der Waals surface area contributed by atoms with Crippen molar-refractivity contribution >= 4 is 28.6 Å². The Balaban J connectivity index is 1.66. The highest BCUT2D eigenvalue weighted by atomic mass is 16.4. The third-order valence-electron chi connectivity index (χ3n) is 4.65. The molecular weight excluding hydrogens is 374 g/mol. The molecule has 0 fully saturated rings. The number of nitrogen functional groups attached to an aromatic ring is 1. The molecule has 0 saturated heterocycles. The molecule has 0 saturated carbocycles. The Morgan fingerprint density at radius 2 is 1.97 bits per heavy atom. The number of carboxylic acids is 1. The first-order chi connectivity index (χ1) is 14.1. The van der Waals surface area contributed by atoms with Gasteiger partial charge in [-0.05, 0) is 17.7 Å². The second-order valence-electron chi connectivity index (χ2n) is 6.49. The normalized spacial score (nSPS) is 12.6. The van der Waals surface area contributed by atoms with Gasteiger partial charge in [0.25, 0.3) is 0 Å². The van der Waals surface area contributed by atoms with Gasteiger partial charge >= 0.3 is 5.97 Å². The van der Waals surface area contributed by atoms with Gasteiger partial charge in [0.2, 0.25) is 11.8 Å². The number of rotatable bonds is 5. The zero-order chi connectivity index (χ0) is 20.0. The predicted octanol–water partition coefficient (Wildman–Crippen LogP) is 2.18. The number of carboxylic acid groups (broad SMARTS) is 1. The minimum absolute atomic E-state index is 0.0726. The van der Waals surface area contributed by atoms with E-state index >= 15 is 0 Å². The van der Waals surface area contributed by atoms with Gasteiger partial charge in [-0.25, -0.2) is 14.5 Å². The van der Waals surface area contributed by atoms with Crippen LogP contribution in [0.1, 0.15) is 11.6 Å². The van der Waals surface area contributed by atoms with Gasteiger partial charge < -0.3 is 15.3 Å². The topological polar surface area (TPSA) is 137 Å². The average Bonchev–Trinajstić information content (AvgIpc) is 3.45. The second kappa shape index (κ2) is 6.44. The largest absolute Gasteiger partial charge is 0.480 e. The van der Waals surface area contributed by atoms with Crippen molar-refractivity contribution in [3.05, 3.63) is 60.5 Å². The van der Waals surface area contributed by atoms with E-state index in [4.69, 9.17) is 10.2 Å². The molecule has 0 bridgehead atoms. The number of furan rings is 1. The maximum atomic E-state index is 12.0. The van der Waals surface area contributed by atoms with E-state index in [1.807, 2.05) is 30.3 Å². The maximum absolute atomic E-state index is 12.0. The molecule has 1 unspecified atom stereocenters. The van der Waals surface area contributed by atoms with E-state index < -0.39 is 12.0 Å². The van der Waals surface area contributed by atoms with Crippen molar-refractivity contribution in [3.8, 4) is 11.6 Å². The van der Waals surface area contributed by atoms with Crippen LogP contribution in [-0.4, -0.2) is 40.4 Å². The molecule has 0 aliphatic heterocycles. The standard InChI is InChI=1S/C19H15N7O3/c20-19-23-17-12(16-22-15(24-26(16)19)14-7-4-8-29-14)10-21-25(17)13(18(27)28)9-11-5-2-1-3-6-11/h1-8,10,13H,9H2,(H2,20,23)(H,27,28). The number of nitrogens with zero attached hydrogens (tertiary/aromatic N) is 6. The summed E-state index contributed by atoms with van der Waals surface area (Å²) in [6.07, 6.45) is 3.31. The molecule has 0 radical (unpaired) electrons. The molecule has 5 aromatic rings. The third kappa shape index (κ3) is 2.78. The van der Waals surface area contributed by atoms with Crippen molar-refractivity contribution in [2.75, 3.05) is 5.73 Å². The summed E-state index contributed by atoms with van der Waals surface area (Å²) in [6.45, 7) is 0. The van der Waals surface area contributed by atoms with Gasteiger partial charge in [-0.3, -0.25) is 0 Å². The molecule has 1 atom stereocenters. The third-order valence-corrected chi connectivity index (χ3v) is 4.65. The van der Waals surface area contributed by atoms with Gasteiger partial charge in [0.1, 0.15) is 0 Å². The number of nitrogens with two attached hydrogens (primary N) is 1. The Bertz CT molecular complexity index is 1320. The van der Waals surface area contributed by atoms with E-state index in [1.165, 1.54) is 21.7 Å². The van der Waals surface area contributed by atoms with Gasteiger partial charge in [-0.2, -0.15) is 14.6 Å². The molecule has 3 N–H and O–H groups in total. The monoisotopic (exact) mass is 389 g/mol. The van der Waals surface area contributed by atoms with Crippen LogP contribution in [0, 0.1) is 0 Å². The Hall–Kier alpha value is -4.21. The summed E-state index contributed by atoms with van der Waals surface area (Å²) in [4.78, 5) is 20.8. The number of hydrogen-bond donors (Lipinski definition) is 2. The van der Waals surface area contributed by atoms with Gasteiger partial charge in [-0.15, -0.1) is 5.10 Å². The van der Waals surface area contributed by atoms with Crippen LogP contribution in [0.2, 0.25) is 0 Å². The molecule has 4 heterocycles. The van der Waals surface area contributed by atoms with Crippen LogP contribution in [-0.2, 0) is 11.2 Å². The number of hydrogen-bond acceptors (Lipinski definition) is 7. The number of fused-ring (bicyclic) bond motifs is 3.